The molecule has 0 fully saturated rings. The molecule has 0 spiro atoms. The van der Waals surface area contributed by atoms with Crippen LogP contribution >= 0.6 is 23.4 Å². The van der Waals surface area contributed by atoms with E-state index in [9.17, 15) is 9.65 Å². The number of nitrogen functional groups attached to an aromatic ring is 1. The van der Waals surface area contributed by atoms with E-state index < -0.39 is 11.7 Å². The van der Waals surface area contributed by atoms with Crippen molar-refractivity contribution >= 4 is 29.2 Å². The molecule has 2 aromatic carbocycles. The molecule has 0 bridgehead atoms. The Morgan fingerprint density at radius 1 is 1.17 bits per heavy atom. The summed E-state index contributed by atoms with van der Waals surface area (Å²) in [6.07, 6.45) is 0. The molecule has 0 saturated heterocycles. The minimum atomic E-state index is -0.725. The van der Waals surface area contributed by atoms with Gasteiger partial charge in [0.2, 0.25) is 11.8 Å². The summed E-state index contributed by atoms with van der Waals surface area (Å²) in [6.45, 7) is 0. The zero-order valence-corrected chi connectivity index (χ0v) is 17.0. The van der Waals surface area contributed by atoms with Gasteiger partial charge in [-0.15, -0.1) is 0 Å². The zero-order chi connectivity index (χ0) is 21.3. The van der Waals surface area contributed by atoms with E-state index in [0.29, 0.717) is 27.1 Å². The third kappa shape index (κ3) is 3.77. The van der Waals surface area contributed by atoms with E-state index in [1.54, 1.807) is 18.2 Å². The van der Waals surface area contributed by atoms with Gasteiger partial charge in [0.15, 0.2) is 5.16 Å². The molecular weight excluding hydrogens is 425 g/mol. The molecule has 0 amide bonds. The maximum atomic E-state index is 13.8. The molecule has 4 rings (SSSR count). The molecule has 1 aliphatic heterocycles. The van der Waals surface area contributed by atoms with Crippen LogP contribution in [0.1, 0.15) is 22.6 Å². The summed E-state index contributed by atoms with van der Waals surface area (Å²) in [5, 5.41) is 10.6. The molecule has 30 heavy (non-hydrogen) atoms. The van der Waals surface area contributed by atoms with Crippen LogP contribution in [0.15, 0.2) is 65.1 Å². The number of benzene rings is 2. The lowest BCUT2D eigenvalue weighted by Gasteiger charge is -2.26. The number of nitriles is 1. The summed E-state index contributed by atoms with van der Waals surface area (Å²) >= 11 is 7.53. The lowest BCUT2D eigenvalue weighted by molar-refractivity contribution is 0.372. The van der Waals surface area contributed by atoms with Gasteiger partial charge in [0.1, 0.15) is 23.3 Å². The Morgan fingerprint density at radius 3 is 2.70 bits per heavy atom. The van der Waals surface area contributed by atoms with Gasteiger partial charge in [-0.1, -0.05) is 53.7 Å². The highest BCUT2D eigenvalue weighted by molar-refractivity contribution is 7.98. The first-order valence-electron chi connectivity index (χ1n) is 8.84. The molecule has 6 nitrogen and oxygen atoms in total. The fourth-order valence-corrected chi connectivity index (χ4v) is 4.33. The number of ether oxygens (including phenoxy) is 1. The van der Waals surface area contributed by atoms with Gasteiger partial charge in [0, 0.05) is 10.8 Å². The molecular formula is C21H15ClFN5OS. The molecule has 2 heterocycles. The van der Waals surface area contributed by atoms with Crippen molar-refractivity contribution in [3.05, 3.63) is 87.5 Å². The minimum absolute atomic E-state index is 0.0978. The zero-order valence-electron chi connectivity index (χ0n) is 15.5. The van der Waals surface area contributed by atoms with Gasteiger partial charge in [0.05, 0.1) is 11.5 Å². The summed E-state index contributed by atoms with van der Waals surface area (Å²) in [5.41, 5.74) is 14.1. The van der Waals surface area contributed by atoms with Crippen LogP contribution in [0.25, 0.3) is 0 Å². The summed E-state index contributed by atoms with van der Waals surface area (Å²) in [4.78, 5) is 8.79. The predicted molar refractivity (Wildman–Crippen MR) is 113 cm³/mol. The van der Waals surface area contributed by atoms with E-state index in [2.05, 4.69) is 9.97 Å². The van der Waals surface area contributed by atoms with Crippen LogP contribution in [0.2, 0.25) is 5.02 Å². The van der Waals surface area contributed by atoms with Gasteiger partial charge in [-0.25, -0.2) is 9.37 Å². The Kier molecular flexibility index (Phi) is 5.48. The summed E-state index contributed by atoms with van der Waals surface area (Å²) in [6, 6.07) is 15.4. The number of nitrogens with two attached hydrogens (primary N) is 2. The Morgan fingerprint density at radius 2 is 1.97 bits per heavy atom. The Hall–Kier alpha value is -3.28. The molecule has 0 aliphatic carbocycles. The Bertz CT molecular complexity index is 1210. The Labute approximate surface area is 181 Å². The largest absolute Gasteiger partial charge is 0.422 e. The van der Waals surface area contributed by atoms with Crippen molar-refractivity contribution in [1.82, 2.24) is 9.97 Å². The molecule has 9 heteroatoms. The molecule has 3 aromatic rings. The second-order valence-electron chi connectivity index (χ2n) is 6.47. The van der Waals surface area contributed by atoms with Crippen molar-refractivity contribution in [2.75, 3.05) is 5.73 Å². The van der Waals surface area contributed by atoms with Crippen molar-refractivity contribution in [1.29, 1.82) is 5.26 Å². The van der Waals surface area contributed by atoms with E-state index in [4.69, 9.17) is 27.8 Å². The van der Waals surface area contributed by atoms with Crippen LogP contribution in [0.4, 0.5) is 10.2 Å². The van der Waals surface area contributed by atoms with Crippen LogP contribution in [-0.2, 0) is 5.75 Å². The van der Waals surface area contributed by atoms with Gasteiger partial charge < -0.3 is 16.2 Å². The van der Waals surface area contributed by atoms with Crippen LogP contribution in [0, 0.1) is 17.1 Å². The van der Waals surface area contributed by atoms with Crippen molar-refractivity contribution < 1.29 is 9.13 Å². The van der Waals surface area contributed by atoms with Crippen molar-refractivity contribution in [2.24, 2.45) is 5.73 Å². The average Bonchev–Trinajstić information content (AvgIpc) is 2.72. The highest BCUT2D eigenvalue weighted by atomic mass is 35.5. The molecule has 150 valence electrons. The second-order valence-corrected chi connectivity index (χ2v) is 7.82. The number of aromatic nitrogens is 2. The van der Waals surface area contributed by atoms with Crippen molar-refractivity contribution in [2.45, 2.75) is 16.8 Å². The lowest BCUT2D eigenvalue weighted by atomic mass is 9.84. The Balaban J connectivity index is 1.73. The maximum absolute atomic E-state index is 13.8. The van der Waals surface area contributed by atoms with Crippen LogP contribution in [-0.4, -0.2) is 9.97 Å². The number of fused-ring (bicyclic) bond motifs is 1. The number of hydrogen-bond acceptors (Lipinski definition) is 7. The highest BCUT2D eigenvalue weighted by Crippen LogP contribution is 2.44. The van der Waals surface area contributed by atoms with Gasteiger partial charge >= 0.3 is 0 Å². The maximum Gasteiger partial charge on any atom is 0.231 e. The number of rotatable bonds is 4. The van der Waals surface area contributed by atoms with Crippen molar-refractivity contribution in [3.8, 4) is 11.9 Å². The number of hydrogen-bond donors (Lipinski definition) is 2. The number of thioether (sulfide) groups is 1. The molecule has 1 aromatic heterocycles. The highest BCUT2D eigenvalue weighted by Gasteiger charge is 2.34. The number of allylic oxidation sites excluding steroid dienone is 1. The summed E-state index contributed by atoms with van der Waals surface area (Å²) < 4.78 is 19.4. The average molecular weight is 440 g/mol. The predicted octanol–water partition coefficient (Wildman–Crippen LogP) is 4.36. The second kappa shape index (κ2) is 8.22. The standard InChI is InChI=1S/C21H15ClFN5OS/c22-15-7-2-1-4-12(15)10-30-21-27-18(25)17-16(11-5-3-6-13(23)8-11)14(9-24)19(26)29-20(17)28-21/h1-8,16H,10,26H2,(H2,25,27,28). The monoisotopic (exact) mass is 439 g/mol. The molecule has 0 saturated carbocycles. The molecule has 0 radical (unpaired) electrons. The molecule has 1 atom stereocenters. The van der Waals surface area contributed by atoms with E-state index in [1.807, 2.05) is 24.3 Å². The lowest BCUT2D eigenvalue weighted by Crippen LogP contribution is -2.23. The number of anilines is 1. The topological polar surface area (TPSA) is 111 Å². The first kappa shape index (κ1) is 20.0. The normalized spacial score (nSPS) is 15.3. The molecule has 1 aliphatic rings. The van der Waals surface area contributed by atoms with Gasteiger partial charge in [-0.05, 0) is 29.3 Å². The van der Waals surface area contributed by atoms with Crippen LogP contribution in [0.3, 0.4) is 0 Å². The fourth-order valence-electron chi connectivity index (χ4n) is 3.20. The number of nitrogens with zero attached hydrogens (tertiary/aromatic N) is 3. The van der Waals surface area contributed by atoms with E-state index in [-0.39, 0.29) is 23.2 Å². The molecule has 1 unspecified atom stereocenters. The van der Waals surface area contributed by atoms with Gasteiger partial charge in [-0.2, -0.15) is 10.2 Å². The quantitative estimate of drug-likeness (QED) is 0.458. The van der Waals surface area contributed by atoms with Crippen LogP contribution in [0.5, 0.6) is 5.88 Å². The van der Waals surface area contributed by atoms with E-state index in [0.717, 1.165) is 5.56 Å². The van der Waals surface area contributed by atoms with Gasteiger partial charge in [-0.3, -0.25) is 0 Å². The third-order valence-corrected chi connectivity index (χ3v) is 5.85. The number of halogens is 2. The van der Waals surface area contributed by atoms with E-state index >= 15 is 0 Å². The van der Waals surface area contributed by atoms with E-state index in [1.165, 1.54) is 23.9 Å². The van der Waals surface area contributed by atoms with Crippen molar-refractivity contribution in [3.63, 3.8) is 0 Å². The minimum Gasteiger partial charge on any atom is -0.422 e. The first-order valence-corrected chi connectivity index (χ1v) is 10.2. The fraction of sp³-hybridized carbons (Fsp3) is 0.0952. The first-order chi connectivity index (χ1) is 14.5. The summed E-state index contributed by atoms with van der Waals surface area (Å²) in [7, 11) is 0. The third-order valence-electron chi connectivity index (χ3n) is 4.59. The summed E-state index contributed by atoms with van der Waals surface area (Å²) in [5.74, 6) is -0.453. The van der Waals surface area contributed by atoms with Crippen LogP contribution < -0.4 is 16.2 Å². The smallest absolute Gasteiger partial charge is 0.231 e. The van der Waals surface area contributed by atoms with Gasteiger partial charge in [0.25, 0.3) is 0 Å². The SMILES string of the molecule is N#CC1=C(N)Oc2nc(SCc3ccccc3Cl)nc(N)c2C1c1cccc(F)c1. The molecule has 4 N–H and O–H groups in total.